The third-order valence-electron chi connectivity index (χ3n) is 3.60. The van der Waals surface area contributed by atoms with Crippen LogP contribution in [0.1, 0.15) is 23.3 Å². The molecule has 0 spiro atoms. The van der Waals surface area contributed by atoms with E-state index in [0.29, 0.717) is 11.7 Å². The van der Waals surface area contributed by atoms with E-state index in [-0.39, 0.29) is 5.91 Å². The number of likely N-dealkylation sites (N-methyl/N-ethyl adjacent to an activating group) is 1. The number of aromatic nitrogens is 1. The minimum atomic E-state index is -0.0679. The van der Waals surface area contributed by atoms with Gasteiger partial charge in [0, 0.05) is 38.6 Å². The number of likely N-dealkylation sites (tertiary alicyclic amines) is 1. The van der Waals surface area contributed by atoms with E-state index in [1.54, 1.807) is 20.3 Å². The normalized spacial score (nSPS) is 19.4. The zero-order valence-electron chi connectivity index (χ0n) is 11.9. The highest BCUT2D eigenvalue weighted by Gasteiger charge is 2.20. The summed E-state index contributed by atoms with van der Waals surface area (Å²) in [6, 6.07) is 4.31. The van der Waals surface area contributed by atoms with Crippen molar-refractivity contribution in [3.8, 4) is 0 Å². The fraction of sp³-hybridized carbons (Fsp3) is 0.571. The van der Waals surface area contributed by atoms with E-state index in [2.05, 4.69) is 22.2 Å². The fourth-order valence-corrected chi connectivity index (χ4v) is 2.36. The third kappa shape index (κ3) is 3.44. The second-order valence-electron chi connectivity index (χ2n) is 5.29. The molecule has 1 aliphatic heterocycles. The first kappa shape index (κ1) is 13.8. The summed E-state index contributed by atoms with van der Waals surface area (Å²) >= 11 is 0. The van der Waals surface area contributed by atoms with E-state index in [1.807, 2.05) is 12.1 Å². The maximum atomic E-state index is 11.8. The molecule has 0 bridgehead atoms. The molecule has 1 N–H and O–H groups in total. The monoisotopic (exact) mass is 262 g/mol. The van der Waals surface area contributed by atoms with E-state index in [4.69, 9.17) is 0 Å². The summed E-state index contributed by atoms with van der Waals surface area (Å²) in [4.78, 5) is 19.9. The molecule has 1 fully saturated rings. The average molecular weight is 262 g/mol. The van der Waals surface area contributed by atoms with Crippen molar-refractivity contribution in [2.75, 3.05) is 39.5 Å². The van der Waals surface area contributed by atoms with Gasteiger partial charge in [0.2, 0.25) is 0 Å². The van der Waals surface area contributed by atoms with Crippen molar-refractivity contribution >= 4 is 11.6 Å². The zero-order chi connectivity index (χ0) is 13.8. The maximum absolute atomic E-state index is 11.8. The van der Waals surface area contributed by atoms with Crippen LogP contribution in [0.25, 0.3) is 0 Å². The van der Waals surface area contributed by atoms with E-state index < -0.39 is 0 Å². The number of nitrogens with one attached hydrogen (secondary N) is 1. The van der Waals surface area contributed by atoms with Crippen LogP contribution >= 0.6 is 0 Å². The van der Waals surface area contributed by atoms with Gasteiger partial charge in [-0.15, -0.1) is 0 Å². The lowest BCUT2D eigenvalue weighted by Gasteiger charge is -2.20. The quantitative estimate of drug-likeness (QED) is 0.888. The van der Waals surface area contributed by atoms with Gasteiger partial charge >= 0.3 is 0 Å². The Balaban J connectivity index is 1.97. The smallest absolute Gasteiger partial charge is 0.272 e. The standard InChI is InChI=1S/C14H22N4O/c1-17(2)14(19)13-9-11(6-7-15-13)16-10-12-5-4-8-18(12)3/h6-7,9,12H,4-5,8,10H2,1-3H3,(H,15,16). The van der Waals surface area contributed by atoms with Gasteiger partial charge in [0.05, 0.1) is 0 Å². The third-order valence-corrected chi connectivity index (χ3v) is 3.60. The van der Waals surface area contributed by atoms with Crippen molar-refractivity contribution in [1.82, 2.24) is 14.8 Å². The summed E-state index contributed by atoms with van der Waals surface area (Å²) < 4.78 is 0. The van der Waals surface area contributed by atoms with E-state index in [9.17, 15) is 4.79 Å². The molecular weight excluding hydrogens is 240 g/mol. The highest BCUT2D eigenvalue weighted by atomic mass is 16.2. The van der Waals surface area contributed by atoms with Crippen molar-refractivity contribution in [2.24, 2.45) is 0 Å². The molecule has 5 heteroatoms. The van der Waals surface area contributed by atoms with Gasteiger partial charge in [0.25, 0.3) is 5.91 Å². The zero-order valence-corrected chi connectivity index (χ0v) is 11.9. The van der Waals surface area contributed by atoms with Crippen LogP contribution in [0.2, 0.25) is 0 Å². The van der Waals surface area contributed by atoms with Crippen LogP contribution < -0.4 is 5.32 Å². The van der Waals surface area contributed by atoms with E-state index in [0.717, 1.165) is 12.2 Å². The molecule has 104 valence electrons. The van der Waals surface area contributed by atoms with Crippen LogP contribution in [0.5, 0.6) is 0 Å². The molecule has 0 aromatic carbocycles. The van der Waals surface area contributed by atoms with Gasteiger partial charge in [0.15, 0.2) is 0 Å². The van der Waals surface area contributed by atoms with Crippen molar-refractivity contribution < 1.29 is 4.79 Å². The average Bonchev–Trinajstić information content (AvgIpc) is 2.81. The van der Waals surface area contributed by atoms with Crippen molar-refractivity contribution in [1.29, 1.82) is 0 Å². The van der Waals surface area contributed by atoms with Gasteiger partial charge in [-0.05, 0) is 38.6 Å². The first-order valence-corrected chi connectivity index (χ1v) is 6.70. The highest BCUT2D eigenvalue weighted by Crippen LogP contribution is 2.16. The van der Waals surface area contributed by atoms with Crippen molar-refractivity contribution in [3.05, 3.63) is 24.0 Å². The number of carbonyl (C=O) groups is 1. The lowest BCUT2D eigenvalue weighted by molar-refractivity contribution is 0.0822. The Bertz CT molecular complexity index is 447. The van der Waals surface area contributed by atoms with E-state index in [1.165, 1.54) is 24.3 Å². The van der Waals surface area contributed by atoms with Gasteiger partial charge in [-0.2, -0.15) is 0 Å². The van der Waals surface area contributed by atoms with Crippen molar-refractivity contribution in [3.63, 3.8) is 0 Å². The Hall–Kier alpha value is -1.62. The van der Waals surface area contributed by atoms with Gasteiger partial charge < -0.3 is 15.1 Å². The van der Waals surface area contributed by atoms with Crippen molar-refractivity contribution in [2.45, 2.75) is 18.9 Å². The van der Waals surface area contributed by atoms with E-state index >= 15 is 0 Å². The first-order valence-electron chi connectivity index (χ1n) is 6.70. The molecule has 19 heavy (non-hydrogen) atoms. The van der Waals surface area contributed by atoms with Crippen LogP contribution in [0.3, 0.4) is 0 Å². The van der Waals surface area contributed by atoms with Gasteiger partial charge in [-0.1, -0.05) is 0 Å². The molecule has 0 radical (unpaired) electrons. The van der Waals surface area contributed by atoms with Crippen LogP contribution in [-0.4, -0.2) is 61.0 Å². The molecular formula is C14H22N4O. The summed E-state index contributed by atoms with van der Waals surface area (Å²) in [6.45, 7) is 2.09. The molecule has 1 amide bonds. The second-order valence-corrected chi connectivity index (χ2v) is 5.29. The molecule has 1 atom stereocenters. The Morgan fingerprint density at radius 1 is 1.58 bits per heavy atom. The first-order chi connectivity index (χ1) is 9.08. The number of carbonyl (C=O) groups excluding carboxylic acids is 1. The predicted octanol–water partition coefficient (Wildman–Crippen LogP) is 1.29. The predicted molar refractivity (Wildman–Crippen MR) is 76.4 cm³/mol. The topological polar surface area (TPSA) is 48.5 Å². The summed E-state index contributed by atoms with van der Waals surface area (Å²) in [7, 11) is 5.63. The minimum absolute atomic E-state index is 0.0679. The Morgan fingerprint density at radius 2 is 2.37 bits per heavy atom. The molecule has 2 heterocycles. The number of hydrogen-bond acceptors (Lipinski definition) is 4. The summed E-state index contributed by atoms with van der Waals surface area (Å²) in [6.07, 6.45) is 4.18. The summed E-state index contributed by atoms with van der Waals surface area (Å²) in [5, 5.41) is 3.40. The number of amides is 1. The number of nitrogens with zero attached hydrogens (tertiary/aromatic N) is 3. The van der Waals surface area contributed by atoms with Crippen LogP contribution in [-0.2, 0) is 0 Å². The molecule has 1 aromatic heterocycles. The summed E-state index contributed by atoms with van der Waals surface area (Å²) in [5.74, 6) is -0.0679. The lowest BCUT2D eigenvalue weighted by atomic mass is 10.2. The maximum Gasteiger partial charge on any atom is 0.272 e. The number of anilines is 1. The van der Waals surface area contributed by atoms with Crippen LogP contribution in [0.4, 0.5) is 5.69 Å². The van der Waals surface area contributed by atoms with Gasteiger partial charge in [-0.25, -0.2) is 0 Å². The molecule has 0 aliphatic carbocycles. The molecule has 1 unspecified atom stereocenters. The fourth-order valence-electron chi connectivity index (χ4n) is 2.36. The Kier molecular flexibility index (Phi) is 4.37. The number of pyridine rings is 1. The number of rotatable bonds is 4. The molecule has 1 aliphatic rings. The lowest BCUT2D eigenvalue weighted by Crippen LogP contribution is -2.31. The van der Waals surface area contributed by atoms with Gasteiger partial charge in [0.1, 0.15) is 5.69 Å². The largest absolute Gasteiger partial charge is 0.383 e. The molecule has 1 aromatic rings. The van der Waals surface area contributed by atoms with Crippen LogP contribution in [0.15, 0.2) is 18.3 Å². The Labute approximate surface area is 114 Å². The minimum Gasteiger partial charge on any atom is -0.383 e. The molecule has 2 rings (SSSR count). The SMILES string of the molecule is CN(C)C(=O)c1cc(NCC2CCCN2C)ccn1. The molecule has 0 saturated carbocycles. The highest BCUT2D eigenvalue weighted by molar-refractivity contribution is 5.92. The number of hydrogen-bond donors (Lipinski definition) is 1. The second kappa shape index (κ2) is 6.02. The molecule has 1 saturated heterocycles. The van der Waals surface area contributed by atoms with Crippen LogP contribution in [0, 0.1) is 0 Å². The summed E-state index contributed by atoms with van der Waals surface area (Å²) in [5.41, 5.74) is 1.44. The Morgan fingerprint density at radius 3 is 3.00 bits per heavy atom. The van der Waals surface area contributed by atoms with Gasteiger partial charge in [-0.3, -0.25) is 9.78 Å². The molecule has 5 nitrogen and oxygen atoms in total.